The first-order valence-electron chi connectivity index (χ1n) is 5.75. The van der Waals surface area contributed by atoms with Gasteiger partial charge < -0.3 is 16.8 Å². The zero-order valence-electron chi connectivity index (χ0n) is 10.6. The summed E-state index contributed by atoms with van der Waals surface area (Å²) < 4.78 is 15.2. The molecule has 0 aliphatic rings. The molecule has 0 radical (unpaired) electrons. The van der Waals surface area contributed by atoms with Crippen LogP contribution < -0.4 is 16.8 Å². The van der Waals surface area contributed by atoms with Crippen molar-refractivity contribution in [3.63, 3.8) is 0 Å². The number of anilines is 1. The van der Waals surface area contributed by atoms with Gasteiger partial charge in [-0.05, 0) is 28.1 Å². The highest BCUT2D eigenvalue weighted by Gasteiger charge is 2.14. The normalized spacial score (nSPS) is 10.4. The van der Waals surface area contributed by atoms with E-state index in [2.05, 4.69) is 26.3 Å². The van der Waals surface area contributed by atoms with E-state index in [4.69, 9.17) is 11.5 Å². The second-order valence-corrected chi connectivity index (χ2v) is 5.02. The van der Waals surface area contributed by atoms with Gasteiger partial charge in [-0.1, -0.05) is 0 Å². The molecule has 2 aromatic rings. The molecule has 21 heavy (non-hydrogen) atoms. The molecule has 0 bridgehead atoms. The molecule has 110 valence electrons. The fraction of sp³-hybridized carbons (Fsp3) is 0.0833. The first-order chi connectivity index (χ1) is 9.86. The van der Waals surface area contributed by atoms with Crippen molar-refractivity contribution in [3.8, 4) is 5.69 Å². The number of carbonyl (C=O) groups excluding carboxylic acids is 2. The number of carbonyl (C=O) groups is 2. The average Bonchev–Trinajstić information content (AvgIpc) is 2.74. The molecule has 0 saturated heterocycles. The molecule has 0 fully saturated rings. The van der Waals surface area contributed by atoms with Crippen LogP contribution >= 0.6 is 15.9 Å². The number of amides is 3. The molecule has 0 saturated carbocycles. The van der Waals surface area contributed by atoms with Gasteiger partial charge in [-0.3, -0.25) is 4.79 Å². The molecular formula is C12H11BrFN5O2. The Kier molecular flexibility index (Phi) is 4.22. The largest absolute Gasteiger partial charge is 0.369 e. The van der Waals surface area contributed by atoms with E-state index in [9.17, 15) is 14.0 Å². The Labute approximate surface area is 127 Å². The number of primary amides is 2. The molecule has 1 aromatic carbocycles. The van der Waals surface area contributed by atoms with Crippen LogP contribution in [0.25, 0.3) is 5.69 Å². The van der Waals surface area contributed by atoms with Gasteiger partial charge in [0.25, 0.3) is 0 Å². The van der Waals surface area contributed by atoms with Crippen LogP contribution in [0.5, 0.6) is 0 Å². The zero-order chi connectivity index (χ0) is 15.6. The standard InChI is InChI=1S/C12H11BrFN5O2/c13-7-2-1-6(3-8(7)14)19-5-10(17-12(16)21)9(18-19)4-11(15)20/h1-3,5H,4H2,(H2,15,20)(H3,16,17,21). The summed E-state index contributed by atoms with van der Waals surface area (Å²) in [6.07, 6.45) is 1.24. The number of halogens is 2. The van der Waals surface area contributed by atoms with E-state index in [-0.39, 0.29) is 17.8 Å². The van der Waals surface area contributed by atoms with E-state index < -0.39 is 17.8 Å². The molecule has 2 rings (SSSR count). The molecule has 3 amide bonds. The maximum Gasteiger partial charge on any atom is 0.316 e. The van der Waals surface area contributed by atoms with Crippen LogP contribution in [0.1, 0.15) is 5.69 Å². The maximum absolute atomic E-state index is 13.5. The third kappa shape index (κ3) is 3.57. The smallest absolute Gasteiger partial charge is 0.316 e. The van der Waals surface area contributed by atoms with Crippen LogP contribution in [-0.2, 0) is 11.2 Å². The number of nitrogens with zero attached hydrogens (tertiary/aromatic N) is 2. The quantitative estimate of drug-likeness (QED) is 0.766. The molecule has 0 atom stereocenters. The Bertz CT molecular complexity index is 682. The minimum Gasteiger partial charge on any atom is -0.369 e. The molecule has 0 unspecified atom stereocenters. The third-order valence-corrected chi connectivity index (χ3v) is 3.20. The van der Waals surface area contributed by atoms with Gasteiger partial charge in [0.1, 0.15) is 5.82 Å². The van der Waals surface area contributed by atoms with E-state index in [0.717, 1.165) is 0 Å². The minimum atomic E-state index is -0.803. The Morgan fingerprint density at radius 2 is 2.10 bits per heavy atom. The van der Waals surface area contributed by atoms with Crippen molar-refractivity contribution < 1.29 is 14.0 Å². The predicted octanol–water partition coefficient (Wildman–Crippen LogP) is 1.29. The SMILES string of the molecule is NC(=O)Cc1nn(-c2ccc(Br)c(F)c2)cc1NC(N)=O. The van der Waals surface area contributed by atoms with E-state index >= 15 is 0 Å². The summed E-state index contributed by atoms with van der Waals surface area (Å²) in [5.41, 5.74) is 11.1. The predicted molar refractivity (Wildman–Crippen MR) is 77.3 cm³/mol. The van der Waals surface area contributed by atoms with Crippen molar-refractivity contribution in [1.29, 1.82) is 0 Å². The van der Waals surface area contributed by atoms with Crippen molar-refractivity contribution >= 4 is 33.6 Å². The highest BCUT2D eigenvalue weighted by atomic mass is 79.9. The number of urea groups is 1. The summed E-state index contributed by atoms with van der Waals surface area (Å²) >= 11 is 3.05. The molecule has 1 aromatic heterocycles. The summed E-state index contributed by atoms with van der Waals surface area (Å²) in [6, 6.07) is 3.57. The van der Waals surface area contributed by atoms with Crippen LogP contribution in [-0.4, -0.2) is 21.7 Å². The van der Waals surface area contributed by atoms with Gasteiger partial charge in [0.05, 0.1) is 34.2 Å². The highest BCUT2D eigenvalue weighted by Crippen LogP contribution is 2.21. The molecule has 0 aliphatic heterocycles. The molecule has 7 nitrogen and oxygen atoms in total. The number of aromatic nitrogens is 2. The Morgan fingerprint density at radius 3 is 2.67 bits per heavy atom. The van der Waals surface area contributed by atoms with Gasteiger partial charge in [-0.25, -0.2) is 13.9 Å². The molecule has 5 N–H and O–H groups in total. The van der Waals surface area contributed by atoms with Crippen LogP contribution in [0.3, 0.4) is 0 Å². The Hall–Kier alpha value is -2.42. The van der Waals surface area contributed by atoms with Gasteiger partial charge in [-0.2, -0.15) is 5.10 Å². The third-order valence-electron chi connectivity index (χ3n) is 2.56. The van der Waals surface area contributed by atoms with Gasteiger partial charge in [-0.15, -0.1) is 0 Å². The number of nitrogens with one attached hydrogen (secondary N) is 1. The second kappa shape index (κ2) is 5.92. The van der Waals surface area contributed by atoms with Crippen molar-refractivity contribution in [2.75, 3.05) is 5.32 Å². The first-order valence-corrected chi connectivity index (χ1v) is 6.55. The summed E-state index contributed by atoms with van der Waals surface area (Å²) in [4.78, 5) is 22.0. The lowest BCUT2D eigenvalue weighted by Crippen LogP contribution is -2.21. The fourth-order valence-corrected chi connectivity index (χ4v) is 1.95. The maximum atomic E-state index is 13.5. The van der Waals surface area contributed by atoms with E-state index in [1.807, 2.05) is 0 Å². The lowest BCUT2D eigenvalue weighted by molar-refractivity contribution is -0.117. The monoisotopic (exact) mass is 355 g/mol. The van der Waals surface area contributed by atoms with Crippen molar-refractivity contribution in [1.82, 2.24) is 9.78 Å². The summed E-state index contributed by atoms with van der Waals surface area (Å²) in [6.45, 7) is 0. The topological polar surface area (TPSA) is 116 Å². The van der Waals surface area contributed by atoms with Gasteiger partial charge in [0.15, 0.2) is 0 Å². The number of nitrogens with two attached hydrogens (primary N) is 2. The van der Waals surface area contributed by atoms with Crippen LogP contribution in [0.15, 0.2) is 28.9 Å². The molecule has 0 aliphatic carbocycles. The molecule has 0 spiro atoms. The Morgan fingerprint density at radius 1 is 1.38 bits per heavy atom. The minimum absolute atomic E-state index is 0.179. The van der Waals surface area contributed by atoms with E-state index in [1.54, 1.807) is 6.07 Å². The van der Waals surface area contributed by atoms with Crippen LogP contribution in [0.2, 0.25) is 0 Å². The number of hydrogen-bond acceptors (Lipinski definition) is 3. The number of benzene rings is 1. The van der Waals surface area contributed by atoms with E-state index in [1.165, 1.54) is 23.0 Å². The lowest BCUT2D eigenvalue weighted by atomic mass is 10.2. The highest BCUT2D eigenvalue weighted by molar-refractivity contribution is 9.10. The van der Waals surface area contributed by atoms with Crippen LogP contribution in [0, 0.1) is 5.82 Å². The summed E-state index contributed by atoms with van der Waals surface area (Å²) in [7, 11) is 0. The second-order valence-electron chi connectivity index (χ2n) is 4.16. The fourth-order valence-electron chi connectivity index (χ4n) is 1.70. The van der Waals surface area contributed by atoms with Gasteiger partial charge >= 0.3 is 6.03 Å². The summed E-state index contributed by atoms with van der Waals surface area (Å²) in [5, 5.41) is 6.45. The molecule has 9 heteroatoms. The van der Waals surface area contributed by atoms with E-state index in [0.29, 0.717) is 10.2 Å². The van der Waals surface area contributed by atoms with Crippen molar-refractivity contribution in [3.05, 3.63) is 40.4 Å². The number of hydrogen-bond donors (Lipinski definition) is 3. The first kappa shape index (κ1) is 15.0. The lowest BCUT2D eigenvalue weighted by Gasteiger charge is -2.02. The molecule has 1 heterocycles. The zero-order valence-corrected chi connectivity index (χ0v) is 12.2. The van der Waals surface area contributed by atoms with Crippen molar-refractivity contribution in [2.45, 2.75) is 6.42 Å². The summed E-state index contributed by atoms with van der Waals surface area (Å²) in [5.74, 6) is -1.08. The Balaban J connectivity index is 2.44. The average molecular weight is 356 g/mol. The number of rotatable bonds is 4. The molecular weight excluding hydrogens is 345 g/mol. The van der Waals surface area contributed by atoms with Crippen LogP contribution in [0.4, 0.5) is 14.9 Å². The van der Waals surface area contributed by atoms with Gasteiger partial charge in [0, 0.05) is 6.07 Å². The van der Waals surface area contributed by atoms with Crippen molar-refractivity contribution in [2.24, 2.45) is 11.5 Å². The van der Waals surface area contributed by atoms with Gasteiger partial charge in [0.2, 0.25) is 5.91 Å².